The molecule has 1 heterocycles. The second-order valence-electron chi connectivity index (χ2n) is 7.36. The Balaban J connectivity index is 2.79. The Morgan fingerprint density at radius 3 is 2.41 bits per heavy atom. The first-order chi connectivity index (χ1) is 7.62. The number of hydrogen-bond acceptors (Lipinski definition) is 2. The van der Waals surface area contributed by atoms with E-state index in [-0.39, 0.29) is 5.54 Å². The molecule has 0 spiro atoms. The Kier molecular flexibility index (Phi) is 4.43. The van der Waals surface area contributed by atoms with Gasteiger partial charge in [-0.1, -0.05) is 32.4 Å². The minimum atomic E-state index is 0.233. The Hall–Kier alpha value is -0.340. The minimum Gasteiger partial charge on any atom is -0.309 e. The first-order valence-corrected chi connectivity index (χ1v) is 6.74. The predicted octanol–water partition coefficient (Wildman–Crippen LogP) is 3.05. The topological polar surface area (TPSA) is 15.3 Å². The lowest BCUT2D eigenvalue weighted by molar-refractivity contribution is 0.0424. The molecule has 1 aliphatic rings. The molecule has 0 aromatic carbocycles. The third-order valence-electron chi connectivity index (χ3n) is 3.55. The second-order valence-corrected chi connectivity index (χ2v) is 7.36. The lowest BCUT2D eigenvalue weighted by atomic mass is 9.82. The van der Waals surface area contributed by atoms with Crippen LogP contribution in [-0.4, -0.2) is 36.1 Å². The van der Waals surface area contributed by atoms with Crippen molar-refractivity contribution < 1.29 is 0 Å². The average Bonchev–Trinajstić information content (AvgIpc) is 2.11. The Bertz CT molecular complexity index is 280. The van der Waals surface area contributed by atoms with Crippen molar-refractivity contribution in [2.75, 3.05) is 19.6 Å². The quantitative estimate of drug-likeness (QED) is 0.744. The van der Waals surface area contributed by atoms with Crippen LogP contribution in [0.2, 0.25) is 0 Å². The molecule has 0 aliphatic carbocycles. The van der Waals surface area contributed by atoms with Crippen LogP contribution in [0.3, 0.4) is 0 Å². The van der Waals surface area contributed by atoms with Gasteiger partial charge >= 0.3 is 0 Å². The SMILES string of the molecule is CC(C)=CCN1CC(C)(C)NCC1C(C)(C)C. The molecule has 1 unspecified atom stereocenters. The third-order valence-corrected chi connectivity index (χ3v) is 3.55. The van der Waals surface area contributed by atoms with Crippen molar-refractivity contribution in [1.29, 1.82) is 0 Å². The first kappa shape index (κ1) is 14.7. The average molecular weight is 238 g/mol. The summed E-state index contributed by atoms with van der Waals surface area (Å²) in [5.41, 5.74) is 1.98. The van der Waals surface area contributed by atoms with Gasteiger partial charge < -0.3 is 5.32 Å². The van der Waals surface area contributed by atoms with Crippen LogP contribution < -0.4 is 5.32 Å². The van der Waals surface area contributed by atoms with Crippen LogP contribution in [0.4, 0.5) is 0 Å². The Morgan fingerprint density at radius 2 is 1.94 bits per heavy atom. The summed E-state index contributed by atoms with van der Waals surface area (Å²) in [6, 6.07) is 0.617. The molecule has 17 heavy (non-hydrogen) atoms. The summed E-state index contributed by atoms with van der Waals surface area (Å²) in [4.78, 5) is 2.63. The normalized spacial score (nSPS) is 25.7. The third kappa shape index (κ3) is 4.44. The molecule has 0 aromatic rings. The van der Waals surface area contributed by atoms with Gasteiger partial charge in [-0.2, -0.15) is 0 Å². The molecule has 1 atom stereocenters. The summed E-state index contributed by atoms with van der Waals surface area (Å²) >= 11 is 0. The zero-order chi connectivity index (χ0) is 13.3. The molecule has 1 saturated heterocycles. The zero-order valence-electron chi connectivity index (χ0n) is 12.7. The van der Waals surface area contributed by atoms with Gasteiger partial charge in [0.15, 0.2) is 0 Å². The van der Waals surface area contributed by atoms with Crippen LogP contribution in [-0.2, 0) is 0 Å². The highest BCUT2D eigenvalue weighted by molar-refractivity contribution is 5.02. The molecule has 100 valence electrons. The highest BCUT2D eigenvalue weighted by Crippen LogP contribution is 2.28. The number of hydrogen-bond donors (Lipinski definition) is 1. The molecule has 0 bridgehead atoms. The van der Waals surface area contributed by atoms with Crippen LogP contribution in [0.1, 0.15) is 48.5 Å². The van der Waals surface area contributed by atoms with Crippen LogP contribution in [0, 0.1) is 5.41 Å². The highest BCUT2D eigenvalue weighted by atomic mass is 15.3. The maximum absolute atomic E-state index is 3.67. The summed E-state index contributed by atoms with van der Waals surface area (Å²) in [7, 11) is 0. The van der Waals surface area contributed by atoms with Crippen LogP contribution >= 0.6 is 0 Å². The molecule has 0 saturated carbocycles. The van der Waals surface area contributed by atoms with Crippen molar-refractivity contribution in [3.8, 4) is 0 Å². The molecular weight excluding hydrogens is 208 g/mol. The van der Waals surface area contributed by atoms with Crippen LogP contribution in [0.25, 0.3) is 0 Å². The van der Waals surface area contributed by atoms with Crippen molar-refractivity contribution in [2.24, 2.45) is 5.41 Å². The fourth-order valence-electron chi connectivity index (χ4n) is 2.52. The van der Waals surface area contributed by atoms with E-state index in [4.69, 9.17) is 0 Å². The first-order valence-electron chi connectivity index (χ1n) is 6.74. The van der Waals surface area contributed by atoms with E-state index in [1.54, 1.807) is 0 Å². The van der Waals surface area contributed by atoms with E-state index >= 15 is 0 Å². The van der Waals surface area contributed by atoms with Gasteiger partial charge in [0.05, 0.1) is 0 Å². The zero-order valence-corrected chi connectivity index (χ0v) is 12.7. The summed E-state index contributed by atoms with van der Waals surface area (Å²) in [6.45, 7) is 19.3. The van der Waals surface area contributed by atoms with Gasteiger partial charge in [-0.15, -0.1) is 0 Å². The van der Waals surface area contributed by atoms with Gasteiger partial charge in [-0.25, -0.2) is 0 Å². The number of allylic oxidation sites excluding steroid dienone is 1. The maximum Gasteiger partial charge on any atom is 0.0273 e. The largest absolute Gasteiger partial charge is 0.309 e. The van der Waals surface area contributed by atoms with Crippen LogP contribution in [0.15, 0.2) is 11.6 Å². The molecular formula is C15H30N2. The molecule has 0 aromatic heterocycles. The van der Waals surface area contributed by atoms with E-state index < -0.39 is 0 Å². The minimum absolute atomic E-state index is 0.233. The fraction of sp³-hybridized carbons (Fsp3) is 0.867. The summed E-state index contributed by atoms with van der Waals surface area (Å²) in [5, 5.41) is 3.67. The van der Waals surface area contributed by atoms with Gasteiger partial charge in [0.2, 0.25) is 0 Å². The van der Waals surface area contributed by atoms with Gasteiger partial charge in [0, 0.05) is 31.2 Å². The summed E-state index contributed by atoms with van der Waals surface area (Å²) in [5.74, 6) is 0. The van der Waals surface area contributed by atoms with Crippen molar-refractivity contribution in [2.45, 2.75) is 60.0 Å². The lowest BCUT2D eigenvalue weighted by Crippen LogP contribution is -2.64. The monoisotopic (exact) mass is 238 g/mol. The Morgan fingerprint density at radius 1 is 1.35 bits per heavy atom. The standard InChI is InChI=1S/C15H30N2/c1-12(2)8-9-17-11-15(6,7)16-10-13(17)14(3,4)5/h8,13,16H,9-11H2,1-7H3. The van der Waals surface area contributed by atoms with E-state index in [2.05, 4.69) is 64.8 Å². The van der Waals surface area contributed by atoms with Crippen LogP contribution in [0.5, 0.6) is 0 Å². The van der Waals surface area contributed by atoms with Gasteiger partial charge in [0.1, 0.15) is 0 Å². The molecule has 2 nitrogen and oxygen atoms in total. The van der Waals surface area contributed by atoms with Crippen molar-refractivity contribution >= 4 is 0 Å². The predicted molar refractivity (Wildman–Crippen MR) is 76.3 cm³/mol. The molecule has 1 rings (SSSR count). The van der Waals surface area contributed by atoms with E-state index in [9.17, 15) is 0 Å². The lowest BCUT2D eigenvalue weighted by Gasteiger charge is -2.49. The molecule has 0 radical (unpaired) electrons. The highest BCUT2D eigenvalue weighted by Gasteiger charge is 2.37. The number of nitrogens with zero attached hydrogens (tertiary/aromatic N) is 1. The van der Waals surface area contributed by atoms with Gasteiger partial charge in [-0.3, -0.25) is 4.90 Å². The summed E-state index contributed by atoms with van der Waals surface area (Å²) in [6.07, 6.45) is 2.35. The Labute approximate surface area is 107 Å². The molecule has 1 fully saturated rings. The number of nitrogens with one attached hydrogen (secondary N) is 1. The number of rotatable bonds is 2. The molecule has 0 amide bonds. The summed E-state index contributed by atoms with van der Waals surface area (Å²) < 4.78 is 0. The molecule has 1 N–H and O–H groups in total. The van der Waals surface area contributed by atoms with Crippen molar-refractivity contribution in [3.63, 3.8) is 0 Å². The maximum atomic E-state index is 3.67. The smallest absolute Gasteiger partial charge is 0.0273 e. The molecule has 2 heteroatoms. The van der Waals surface area contributed by atoms with Crippen molar-refractivity contribution in [1.82, 2.24) is 10.2 Å². The van der Waals surface area contributed by atoms with Gasteiger partial charge in [0.25, 0.3) is 0 Å². The van der Waals surface area contributed by atoms with E-state index in [0.717, 1.165) is 19.6 Å². The van der Waals surface area contributed by atoms with Gasteiger partial charge in [-0.05, 0) is 33.1 Å². The van der Waals surface area contributed by atoms with Crippen molar-refractivity contribution in [3.05, 3.63) is 11.6 Å². The van der Waals surface area contributed by atoms with E-state index in [0.29, 0.717) is 11.5 Å². The fourth-order valence-corrected chi connectivity index (χ4v) is 2.52. The second kappa shape index (κ2) is 5.11. The van der Waals surface area contributed by atoms with E-state index in [1.165, 1.54) is 5.57 Å². The molecule has 1 aliphatic heterocycles. The number of piperazine rings is 1. The van der Waals surface area contributed by atoms with E-state index in [1.807, 2.05) is 0 Å².